The lowest BCUT2D eigenvalue weighted by atomic mass is 10.0. The number of guanidine groups is 1. The maximum Gasteiger partial charge on any atom is 0.191 e. The van der Waals surface area contributed by atoms with Gasteiger partial charge in [0.1, 0.15) is 0 Å². The molecule has 0 radical (unpaired) electrons. The third kappa shape index (κ3) is 6.33. The summed E-state index contributed by atoms with van der Waals surface area (Å²) in [6, 6.07) is 9.12. The topological polar surface area (TPSA) is 42.9 Å². The van der Waals surface area contributed by atoms with Gasteiger partial charge in [-0.15, -0.1) is 0 Å². The summed E-state index contributed by atoms with van der Waals surface area (Å²) >= 11 is 0. The summed E-state index contributed by atoms with van der Waals surface area (Å²) in [6.45, 7) is 13.1. The van der Waals surface area contributed by atoms with Gasteiger partial charge in [0, 0.05) is 52.4 Å². The molecule has 1 unspecified atom stereocenters. The number of aliphatic imine (C=N–C) groups is 1. The molecule has 2 rings (SSSR count). The minimum Gasteiger partial charge on any atom is -0.355 e. The lowest BCUT2D eigenvalue weighted by Gasteiger charge is -2.40. The highest BCUT2D eigenvalue weighted by Gasteiger charge is 2.24. The fraction of sp³-hybridized carbons (Fsp3) is 0.650. The van der Waals surface area contributed by atoms with E-state index >= 15 is 0 Å². The lowest BCUT2D eigenvalue weighted by Crippen LogP contribution is -2.55. The first kappa shape index (κ1) is 19.7. The molecule has 1 heterocycles. The van der Waals surface area contributed by atoms with Crippen molar-refractivity contribution in [1.82, 2.24) is 20.4 Å². The molecule has 1 saturated heterocycles. The predicted octanol–water partition coefficient (Wildman–Crippen LogP) is 1.93. The summed E-state index contributed by atoms with van der Waals surface area (Å²) in [5.74, 6) is 1.49. The summed E-state index contributed by atoms with van der Waals surface area (Å²) in [7, 11) is 4.04. The minimum atomic E-state index is 0.534. The normalized spacial score (nSPS) is 18.4. The molecule has 25 heavy (non-hydrogen) atoms. The summed E-state index contributed by atoms with van der Waals surface area (Å²) in [4.78, 5) is 9.40. The number of likely N-dealkylation sites (N-methyl/N-ethyl adjacent to an activating group) is 1. The molecule has 0 spiro atoms. The van der Waals surface area contributed by atoms with E-state index in [1.165, 1.54) is 11.1 Å². The fourth-order valence-electron chi connectivity index (χ4n) is 3.37. The van der Waals surface area contributed by atoms with Gasteiger partial charge in [-0.2, -0.15) is 0 Å². The predicted molar refractivity (Wildman–Crippen MR) is 107 cm³/mol. The quantitative estimate of drug-likeness (QED) is 0.611. The summed E-state index contributed by atoms with van der Waals surface area (Å²) < 4.78 is 0. The zero-order valence-electron chi connectivity index (χ0n) is 16.5. The fourth-order valence-corrected chi connectivity index (χ4v) is 3.37. The molecule has 0 aromatic heterocycles. The van der Waals surface area contributed by atoms with E-state index in [1.807, 2.05) is 7.05 Å². The third-order valence-electron chi connectivity index (χ3n) is 5.02. The minimum absolute atomic E-state index is 0.534. The van der Waals surface area contributed by atoms with Crippen LogP contribution < -0.4 is 10.6 Å². The molecule has 1 aliphatic heterocycles. The van der Waals surface area contributed by atoms with Crippen molar-refractivity contribution in [3.05, 3.63) is 35.4 Å². The molecular formula is C20H35N5. The maximum atomic E-state index is 4.38. The first-order valence-electron chi connectivity index (χ1n) is 9.42. The highest BCUT2D eigenvalue weighted by atomic mass is 15.3. The number of piperazine rings is 1. The maximum absolute atomic E-state index is 4.38. The lowest BCUT2D eigenvalue weighted by molar-refractivity contribution is 0.0900. The number of hydrogen-bond acceptors (Lipinski definition) is 3. The first-order valence-corrected chi connectivity index (χ1v) is 9.42. The van der Waals surface area contributed by atoms with Crippen LogP contribution in [0.4, 0.5) is 0 Å². The van der Waals surface area contributed by atoms with Gasteiger partial charge >= 0.3 is 0 Å². The van der Waals surface area contributed by atoms with Crippen LogP contribution in [0.3, 0.4) is 0 Å². The van der Waals surface area contributed by atoms with Crippen molar-refractivity contribution in [3.63, 3.8) is 0 Å². The summed E-state index contributed by atoms with van der Waals surface area (Å²) in [5.41, 5.74) is 2.57. The number of aryl methyl sites for hydroxylation is 1. The van der Waals surface area contributed by atoms with Crippen LogP contribution in [0.25, 0.3) is 0 Å². The number of benzene rings is 1. The van der Waals surface area contributed by atoms with Crippen molar-refractivity contribution < 1.29 is 0 Å². The highest BCUT2D eigenvalue weighted by Crippen LogP contribution is 2.12. The molecule has 0 amide bonds. The van der Waals surface area contributed by atoms with Gasteiger partial charge in [0.25, 0.3) is 0 Å². The van der Waals surface area contributed by atoms with Gasteiger partial charge in [0.05, 0.1) is 0 Å². The molecule has 0 saturated carbocycles. The van der Waals surface area contributed by atoms with Crippen molar-refractivity contribution in [1.29, 1.82) is 0 Å². The largest absolute Gasteiger partial charge is 0.355 e. The van der Waals surface area contributed by atoms with Gasteiger partial charge in [-0.25, -0.2) is 0 Å². The van der Waals surface area contributed by atoms with Crippen LogP contribution in [0.1, 0.15) is 25.0 Å². The van der Waals surface area contributed by atoms with Gasteiger partial charge < -0.3 is 15.5 Å². The number of nitrogens with one attached hydrogen (secondary N) is 2. The van der Waals surface area contributed by atoms with Crippen LogP contribution in [0, 0.1) is 12.8 Å². The average Bonchev–Trinajstić information content (AvgIpc) is 2.59. The Labute approximate surface area is 153 Å². The van der Waals surface area contributed by atoms with Crippen LogP contribution in [0.15, 0.2) is 29.3 Å². The van der Waals surface area contributed by atoms with Gasteiger partial charge in [-0.1, -0.05) is 43.7 Å². The monoisotopic (exact) mass is 345 g/mol. The molecule has 1 aliphatic rings. The standard InChI is InChI=1S/C20H35N5/c1-16(2)19(25-11-9-24(5)10-12-25)15-23-20(21-4)22-14-18-8-6-7-17(3)13-18/h6-8,13,16,19H,9-12,14-15H2,1-5H3,(H2,21,22,23). The molecule has 1 fully saturated rings. The third-order valence-corrected chi connectivity index (χ3v) is 5.02. The van der Waals surface area contributed by atoms with Gasteiger partial charge in [-0.3, -0.25) is 9.89 Å². The van der Waals surface area contributed by atoms with Crippen molar-refractivity contribution in [2.75, 3.05) is 46.8 Å². The van der Waals surface area contributed by atoms with Crippen LogP contribution >= 0.6 is 0 Å². The first-order chi connectivity index (χ1) is 12.0. The second-order valence-electron chi connectivity index (χ2n) is 7.45. The summed E-state index contributed by atoms with van der Waals surface area (Å²) in [5, 5.41) is 6.96. The van der Waals surface area contributed by atoms with E-state index in [1.54, 1.807) is 0 Å². The van der Waals surface area contributed by atoms with Crippen LogP contribution in [0.2, 0.25) is 0 Å². The summed E-state index contributed by atoms with van der Waals surface area (Å²) in [6.07, 6.45) is 0. The Hall–Kier alpha value is -1.59. The van der Waals surface area contributed by atoms with Crippen LogP contribution in [0.5, 0.6) is 0 Å². The molecular weight excluding hydrogens is 310 g/mol. The molecule has 140 valence electrons. The van der Waals surface area contributed by atoms with E-state index in [0.717, 1.165) is 45.2 Å². The Balaban J connectivity index is 1.85. The zero-order valence-corrected chi connectivity index (χ0v) is 16.5. The van der Waals surface area contributed by atoms with Crippen LogP contribution in [-0.2, 0) is 6.54 Å². The molecule has 0 aliphatic carbocycles. The van der Waals surface area contributed by atoms with E-state index in [2.05, 4.69) is 77.5 Å². The van der Waals surface area contributed by atoms with E-state index < -0.39 is 0 Å². The van der Waals surface area contributed by atoms with Crippen molar-refractivity contribution in [2.24, 2.45) is 10.9 Å². The second kappa shape index (κ2) is 9.78. The Bertz CT molecular complexity index is 547. The Morgan fingerprint density at radius 3 is 2.48 bits per heavy atom. The molecule has 2 N–H and O–H groups in total. The van der Waals surface area contributed by atoms with Crippen molar-refractivity contribution in [2.45, 2.75) is 33.4 Å². The number of hydrogen-bond donors (Lipinski definition) is 2. The van der Waals surface area contributed by atoms with E-state index in [-0.39, 0.29) is 0 Å². The van der Waals surface area contributed by atoms with Crippen molar-refractivity contribution >= 4 is 5.96 Å². The smallest absolute Gasteiger partial charge is 0.191 e. The van der Waals surface area contributed by atoms with Gasteiger partial charge in [-0.05, 0) is 25.5 Å². The molecule has 1 aromatic rings. The van der Waals surface area contributed by atoms with E-state index in [4.69, 9.17) is 0 Å². The highest BCUT2D eigenvalue weighted by molar-refractivity contribution is 5.79. The molecule has 5 nitrogen and oxygen atoms in total. The van der Waals surface area contributed by atoms with Crippen LogP contribution in [-0.4, -0.2) is 68.6 Å². The second-order valence-corrected chi connectivity index (χ2v) is 7.45. The molecule has 1 atom stereocenters. The zero-order chi connectivity index (χ0) is 18.2. The Kier molecular flexibility index (Phi) is 7.72. The van der Waals surface area contributed by atoms with Gasteiger partial charge in [0.15, 0.2) is 5.96 Å². The van der Waals surface area contributed by atoms with E-state index in [0.29, 0.717) is 12.0 Å². The number of rotatable bonds is 6. The molecule has 5 heteroatoms. The van der Waals surface area contributed by atoms with E-state index in [9.17, 15) is 0 Å². The molecule has 0 bridgehead atoms. The van der Waals surface area contributed by atoms with Gasteiger partial charge in [0.2, 0.25) is 0 Å². The Morgan fingerprint density at radius 2 is 1.88 bits per heavy atom. The molecule has 1 aromatic carbocycles. The SMILES string of the molecule is CN=C(NCc1cccc(C)c1)NCC(C(C)C)N1CCN(C)CC1. The Morgan fingerprint density at radius 1 is 1.16 bits per heavy atom. The number of nitrogens with zero attached hydrogens (tertiary/aromatic N) is 3. The average molecular weight is 346 g/mol. The van der Waals surface area contributed by atoms with Crippen molar-refractivity contribution in [3.8, 4) is 0 Å².